The van der Waals surface area contributed by atoms with Crippen LogP contribution < -0.4 is 15.1 Å². The Bertz CT molecular complexity index is 781. The van der Waals surface area contributed by atoms with Crippen LogP contribution in [0.15, 0.2) is 27.4 Å². The first-order valence-electron chi connectivity index (χ1n) is 8.31. The summed E-state index contributed by atoms with van der Waals surface area (Å²) in [6.07, 6.45) is -0.672. The van der Waals surface area contributed by atoms with Crippen LogP contribution in [0, 0.1) is 6.92 Å². The molecular weight excluding hydrogens is 326 g/mol. The predicted molar refractivity (Wildman–Crippen MR) is 92.5 cm³/mol. The molecule has 1 aliphatic heterocycles. The highest BCUT2D eigenvalue weighted by Gasteiger charge is 2.19. The third-order valence-corrected chi connectivity index (χ3v) is 4.25. The molecule has 7 nitrogen and oxygen atoms in total. The summed E-state index contributed by atoms with van der Waals surface area (Å²) in [5, 5.41) is 11.0. The molecule has 1 aliphatic rings. The Balaban J connectivity index is 1.78. The van der Waals surface area contributed by atoms with Crippen LogP contribution in [0.4, 0.5) is 0 Å². The van der Waals surface area contributed by atoms with Crippen molar-refractivity contribution >= 4 is 11.0 Å². The molecule has 1 saturated heterocycles. The molecule has 0 amide bonds. The van der Waals surface area contributed by atoms with Crippen molar-refractivity contribution in [1.82, 2.24) is 4.90 Å². The van der Waals surface area contributed by atoms with Crippen LogP contribution >= 0.6 is 0 Å². The van der Waals surface area contributed by atoms with Crippen LogP contribution in [0.2, 0.25) is 0 Å². The topological polar surface area (TPSA) is 81.4 Å². The lowest BCUT2D eigenvalue weighted by molar-refractivity contribution is 0.00451. The smallest absolute Gasteiger partial charge is 0.336 e. The summed E-state index contributed by atoms with van der Waals surface area (Å²) in [4.78, 5) is 13.9. The zero-order valence-electron chi connectivity index (χ0n) is 14.5. The van der Waals surface area contributed by atoms with Gasteiger partial charge in [-0.25, -0.2) is 4.79 Å². The Labute approximate surface area is 145 Å². The molecule has 0 bridgehead atoms. The second kappa shape index (κ2) is 7.86. The molecule has 7 heteroatoms. The number of benzene rings is 1. The molecule has 25 heavy (non-hydrogen) atoms. The summed E-state index contributed by atoms with van der Waals surface area (Å²) in [5.41, 5.74) is 0.688. The van der Waals surface area contributed by atoms with E-state index in [-0.39, 0.29) is 6.61 Å². The zero-order chi connectivity index (χ0) is 17.8. The predicted octanol–water partition coefficient (Wildman–Crippen LogP) is 1.18. The number of β-amino-alcohol motifs (C(OH)–C–C–N with tert-alkyl or cyclic N) is 1. The molecule has 136 valence electrons. The monoisotopic (exact) mass is 349 g/mol. The number of aliphatic hydroxyl groups excluding tert-OH is 1. The van der Waals surface area contributed by atoms with E-state index in [0.29, 0.717) is 36.8 Å². The second-order valence-electron chi connectivity index (χ2n) is 6.10. The molecular formula is C18H23NO6. The van der Waals surface area contributed by atoms with Gasteiger partial charge in [0.2, 0.25) is 5.75 Å². The summed E-state index contributed by atoms with van der Waals surface area (Å²) in [6.45, 7) is 5.35. The number of ether oxygens (including phenoxy) is 3. The van der Waals surface area contributed by atoms with E-state index in [1.807, 2.05) is 13.0 Å². The Morgan fingerprint density at radius 2 is 2.08 bits per heavy atom. The van der Waals surface area contributed by atoms with Gasteiger partial charge in [0.15, 0.2) is 11.3 Å². The molecule has 2 heterocycles. The van der Waals surface area contributed by atoms with Crippen LogP contribution in [-0.4, -0.2) is 62.7 Å². The van der Waals surface area contributed by atoms with Gasteiger partial charge < -0.3 is 23.7 Å². The second-order valence-corrected chi connectivity index (χ2v) is 6.10. The number of aryl methyl sites for hydroxylation is 1. The van der Waals surface area contributed by atoms with Crippen LogP contribution in [0.25, 0.3) is 11.0 Å². The van der Waals surface area contributed by atoms with E-state index in [1.54, 1.807) is 6.07 Å². The number of methoxy groups -OCH3 is 1. The number of aliphatic hydroxyl groups is 1. The fourth-order valence-corrected chi connectivity index (χ4v) is 2.95. The van der Waals surface area contributed by atoms with Crippen molar-refractivity contribution in [3.63, 3.8) is 0 Å². The maximum absolute atomic E-state index is 11.7. The average Bonchev–Trinajstić information content (AvgIpc) is 2.60. The molecule has 1 fully saturated rings. The number of nitrogens with zero attached hydrogens (tertiary/aromatic N) is 1. The van der Waals surface area contributed by atoms with Crippen molar-refractivity contribution in [2.24, 2.45) is 0 Å². The van der Waals surface area contributed by atoms with Crippen LogP contribution in [0.3, 0.4) is 0 Å². The van der Waals surface area contributed by atoms with Gasteiger partial charge in [0.25, 0.3) is 0 Å². The van der Waals surface area contributed by atoms with Gasteiger partial charge in [-0.05, 0) is 24.6 Å². The third-order valence-electron chi connectivity index (χ3n) is 4.25. The van der Waals surface area contributed by atoms with Crippen molar-refractivity contribution in [3.8, 4) is 11.5 Å². The maximum atomic E-state index is 11.7. The van der Waals surface area contributed by atoms with Crippen molar-refractivity contribution in [2.45, 2.75) is 13.0 Å². The van der Waals surface area contributed by atoms with E-state index in [0.717, 1.165) is 24.0 Å². The molecule has 1 aromatic carbocycles. The van der Waals surface area contributed by atoms with Gasteiger partial charge in [-0.1, -0.05) is 0 Å². The van der Waals surface area contributed by atoms with E-state index in [2.05, 4.69) is 4.90 Å². The van der Waals surface area contributed by atoms with Gasteiger partial charge in [0.1, 0.15) is 12.7 Å². The highest BCUT2D eigenvalue weighted by molar-refractivity contribution is 5.87. The fraction of sp³-hybridized carbons (Fsp3) is 0.500. The standard InChI is InChI=1S/C18H23NO6/c1-12-9-16(21)25-17-14(12)3-4-15(22-2)18(17)24-11-13(20)10-19-5-7-23-8-6-19/h3-4,9,13,20H,5-8,10-11H2,1-2H3/t13-/m0/s1. The SMILES string of the molecule is COc1ccc2c(C)cc(=O)oc2c1OC[C@@H](O)CN1CCOCC1. The average molecular weight is 349 g/mol. The van der Waals surface area contributed by atoms with Crippen molar-refractivity contribution in [3.05, 3.63) is 34.2 Å². The molecule has 0 radical (unpaired) electrons. The third kappa shape index (κ3) is 4.12. The van der Waals surface area contributed by atoms with Crippen LogP contribution in [0.1, 0.15) is 5.56 Å². The Kier molecular flexibility index (Phi) is 5.57. The van der Waals surface area contributed by atoms with E-state index >= 15 is 0 Å². The molecule has 0 aliphatic carbocycles. The quantitative estimate of drug-likeness (QED) is 0.784. The number of morpholine rings is 1. The summed E-state index contributed by atoms with van der Waals surface area (Å²) < 4.78 is 21.7. The first-order chi connectivity index (χ1) is 12.1. The highest BCUT2D eigenvalue weighted by Crippen LogP contribution is 2.36. The number of fused-ring (bicyclic) bond motifs is 1. The van der Waals surface area contributed by atoms with Crippen molar-refractivity contribution in [1.29, 1.82) is 0 Å². The van der Waals surface area contributed by atoms with Gasteiger partial charge in [-0.3, -0.25) is 4.90 Å². The molecule has 2 aromatic rings. The molecule has 0 unspecified atom stereocenters. The van der Waals surface area contributed by atoms with Crippen LogP contribution in [0.5, 0.6) is 11.5 Å². The lowest BCUT2D eigenvalue weighted by Gasteiger charge is -2.28. The zero-order valence-corrected chi connectivity index (χ0v) is 14.5. The summed E-state index contributed by atoms with van der Waals surface area (Å²) >= 11 is 0. The van der Waals surface area contributed by atoms with Crippen molar-refractivity contribution < 1.29 is 23.7 Å². The number of rotatable bonds is 6. The van der Waals surface area contributed by atoms with E-state index < -0.39 is 11.7 Å². The van der Waals surface area contributed by atoms with E-state index in [9.17, 15) is 9.90 Å². The van der Waals surface area contributed by atoms with Gasteiger partial charge >= 0.3 is 5.63 Å². The van der Waals surface area contributed by atoms with Gasteiger partial charge in [0, 0.05) is 31.1 Å². The largest absolute Gasteiger partial charge is 0.493 e. The van der Waals surface area contributed by atoms with Gasteiger partial charge in [0.05, 0.1) is 20.3 Å². The Morgan fingerprint density at radius 3 is 2.80 bits per heavy atom. The molecule has 3 rings (SSSR count). The summed E-state index contributed by atoms with van der Waals surface area (Å²) in [5.74, 6) is 0.793. The molecule has 1 N–H and O–H groups in total. The first kappa shape index (κ1) is 17.7. The minimum atomic E-state index is -0.672. The lowest BCUT2D eigenvalue weighted by Crippen LogP contribution is -2.42. The highest BCUT2D eigenvalue weighted by atomic mass is 16.5. The summed E-state index contributed by atoms with van der Waals surface area (Å²) in [6, 6.07) is 5.02. The van der Waals surface area contributed by atoms with Gasteiger partial charge in [-0.2, -0.15) is 0 Å². The Hall–Kier alpha value is -2.09. The maximum Gasteiger partial charge on any atom is 0.336 e. The van der Waals surface area contributed by atoms with Crippen molar-refractivity contribution in [2.75, 3.05) is 46.6 Å². The molecule has 0 spiro atoms. The normalized spacial score (nSPS) is 16.8. The lowest BCUT2D eigenvalue weighted by atomic mass is 10.1. The molecule has 0 saturated carbocycles. The minimum Gasteiger partial charge on any atom is -0.493 e. The Morgan fingerprint density at radius 1 is 1.32 bits per heavy atom. The van der Waals surface area contributed by atoms with Gasteiger partial charge in [-0.15, -0.1) is 0 Å². The molecule has 1 atom stereocenters. The number of hydrogen-bond donors (Lipinski definition) is 1. The fourth-order valence-electron chi connectivity index (χ4n) is 2.95. The van der Waals surface area contributed by atoms with E-state index in [1.165, 1.54) is 13.2 Å². The van der Waals surface area contributed by atoms with E-state index in [4.69, 9.17) is 18.6 Å². The summed E-state index contributed by atoms with van der Waals surface area (Å²) in [7, 11) is 1.52. The number of hydrogen-bond acceptors (Lipinski definition) is 7. The minimum absolute atomic E-state index is 0.0739. The first-order valence-corrected chi connectivity index (χ1v) is 8.31. The molecule has 1 aromatic heterocycles. The van der Waals surface area contributed by atoms with Crippen LogP contribution in [-0.2, 0) is 4.74 Å².